The minimum absolute atomic E-state index is 0.154. The van der Waals surface area contributed by atoms with Gasteiger partial charge in [0.25, 0.3) is 10.0 Å². The van der Waals surface area contributed by atoms with Crippen molar-refractivity contribution in [3.05, 3.63) is 48.0 Å². The topological polar surface area (TPSA) is 102 Å². The molecule has 0 atom stereocenters. The van der Waals surface area contributed by atoms with Gasteiger partial charge >= 0.3 is 5.97 Å². The molecule has 7 nitrogen and oxygen atoms in total. The molecule has 128 valence electrons. The highest BCUT2D eigenvalue weighted by molar-refractivity contribution is 7.92. The van der Waals surface area contributed by atoms with Crippen molar-refractivity contribution in [2.24, 2.45) is 0 Å². The fraction of sp³-hybridized carbons (Fsp3) is 0.188. The third-order valence-electron chi connectivity index (χ3n) is 3.11. The van der Waals surface area contributed by atoms with Gasteiger partial charge in [0.1, 0.15) is 11.5 Å². The van der Waals surface area contributed by atoms with E-state index in [-0.39, 0.29) is 16.3 Å². The Morgan fingerprint density at radius 3 is 2.46 bits per heavy atom. The molecule has 0 amide bonds. The molecule has 0 aromatic heterocycles. The van der Waals surface area contributed by atoms with Gasteiger partial charge in [-0.2, -0.15) is 0 Å². The standard InChI is InChI=1S/C16H17NO6S/c1-11-5-3-4-6-15(11)24(20,21)17-12-7-13(22-2)9-14(8-12)23-10-16(18)19/h3-9,17H,10H2,1-2H3,(H,18,19). The number of methoxy groups -OCH3 is 1. The lowest BCUT2D eigenvalue weighted by Crippen LogP contribution is -2.14. The summed E-state index contributed by atoms with van der Waals surface area (Å²) in [6.07, 6.45) is 0. The van der Waals surface area contributed by atoms with Crippen molar-refractivity contribution >= 4 is 21.7 Å². The minimum atomic E-state index is -3.79. The predicted molar refractivity (Wildman–Crippen MR) is 88.1 cm³/mol. The Bertz CT molecular complexity index is 847. The summed E-state index contributed by atoms with van der Waals surface area (Å²) in [7, 11) is -2.38. The average molecular weight is 351 g/mol. The zero-order valence-corrected chi connectivity index (χ0v) is 14.0. The van der Waals surface area contributed by atoms with E-state index in [0.717, 1.165) is 0 Å². The van der Waals surface area contributed by atoms with Crippen molar-refractivity contribution in [2.45, 2.75) is 11.8 Å². The number of aryl methyl sites for hydroxylation is 1. The van der Waals surface area contributed by atoms with E-state index in [9.17, 15) is 13.2 Å². The van der Waals surface area contributed by atoms with Crippen LogP contribution in [0.4, 0.5) is 5.69 Å². The van der Waals surface area contributed by atoms with Gasteiger partial charge in [0.15, 0.2) is 6.61 Å². The Hall–Kier alpha value is -2.74. The lowest BCUT2D eigenvalue weighted by Gasteiger charge is -2.13. The molecule has 0 unspecified atom stereocenters. The number of carboxylic acid groups (broad SMARTS) is 1. The van der Waals surface area contributed by atoms with Crippen molar-refractivity contribution in [1.29, 1.82) is 0 Å². The first-order chi connectivity index (χ1) is 11.3. The molecule has 2 aromatic rings. The second kappa shape index (κ2) is 7.22. The number of sulfonamides is 1. The molecule has 0 heterocycles. The van der Waals surface area contributed by atoms with Crippen LogP contribution in [0.2, 0.25) is 0 Å². The Balaban J connectivity index is 2.33. The molecule has 0 aliphatic rings. The average Bonchev–Trinajstić information content (AvgIpc) is 2.52. The van der Waals surface area contributed by atoms with Crippen LogP contribution in [0.5, 0.6) is 11.5 Å². The smallest absolute Gasteiger partial charge is 0.341 e. The van der Waals surface area contributed by atoms with Gasteiger partial charge in [0, 0.05) is 18.2 Å². The maximum atomic E-state index is 12.5. The largest absolute Gasteiger partial charge is 0.497 e. The number of hydrogen-bond acceptors (Lipinski definition) is 5. The summed E-state index contributed by atoms with van der Waals surface area (Å²) in [5, 5.41) is 8.67. The van der Waals surface area contributed by atoms with Crippen molar-refractivity contribution in [3.63, 3.8) is 0 Å². The minimum Gasteiger partial charge on any atom is -0.497 e. The summed E-state index contributed by atoms with van der Waals surface area (Å²) in [6, 6.07) is 10.9. The monoisotopic (exact) mass is 351 g/mol. The van der Waals surface area contributed by atoms with Crippen LogP contribution in [0.15, 0.2) is 47.4 Å². The molecule has 0 saturated heterocycles. The first kappa shape index (κ1) is 17.6. The predicted octanol–water partition coefficient (Wildman–Crippen LogP) is 2.27. The highest BCUT2D eigenvalue weighted by Gasteiger charge is 2.17. The molecule has 0 aliphatic carbocycles. The van der Waals surface area contributed by atoms with Gasteiger partial charge in [-0.3, -0.25) is 4.72 Å². The van der Waals surface area contributed by atoms with E-state index in [2.05, 4.69) is 4.72 Å². The van der Waals surface area contributed by atoms with Crippen LogP contribution in [0, 0.1) is 6.92 Å². The third kappa shape index (κ3) is 4.39. The first-order valence-corrected chi connectivity index (χ1v) is 8.42. The van der Waals surface area contributed by atoms with Crippen LogP contribution in [0.1, 0.15) is 5.56 Å². The Kier molecular flexibility index (Phi) is 5.30. The van der Waals surface area contributed by atoms with E-state index in [1.165, 1.54) is 31.4 Å². The van der Waals surface area contributed by atoms with E-state index >= 15 is 0 Å². The summed E-state index contributed by atoms with van der Waals surface area (Å²) >= 11 is 0. The molecular weight excluding hydrogens is 334 g/mol. The quantitative estimate of drug-likeness (QED) is 0.793. The van der Waals surface area contributed by atoms with Gasteiger partial charge in [0.05, 0.1) is 17.7 Å². The zero-order chi connectivity index (χ0) is 17.7. The number of ether oxygens (including phenoxy) is 2. The second-order valence-electron chi connectivity index (χ2n) is 4.95. The van der Waals surface area contributed by atoms with Gasteiger partial charge in [-0.05, 0) is 18.6 Å². The molecule has 2 aromatic carbocycles. The number of hydrogen-bond donors (Lipinski definition) is 2. The number of nitrogens with one attached hydrogen (secondary N) is 1. The molecule has 0 saturated carbocycles. The summed E-state index contributed by atoms with van der Waals surface area (Å²) in [5.74, 6) is -0.625. The fourth-order valence-electron chi connectivity index (χ4n) is 2.04. The van der Waals surface area contributed by atoms with Gasteiger partial charge in [0.2, 0.25) is 0 Å². The SMILES string of the molecule is COc1cc(NS(=O)(=O)c2ccccc2C)cc(OCC(=O)O)c1. The van der Waals surface area contributed by atoms with Gasteiger partial charge in [-0.25, -0.2) is 13.2 Å². The summed E-state index contributed by atoms with van der Waals surface area (Å²) < 4.78 is 37.6. The van der Waals surface area contributed by atoms with E-state index in [1.807, 2.05) is 0 Å². The van der Waals surface area contributed by atoms with E-state index < -0.39 is 22.6 Å². The molecule has 2 N–H and O–H groups in total. The molecule has 0 radical (unpaired) electrons. The lowest BCUT2D eigenvalue weighted by atomic mass is 10.2. The highest BCUT2D eigenvalue weighted by Crippen LogP contribution is 2.28. The normalized spacial score (nSPS) is 10.9. The molecule has 24 heavy (non-hydrogen) atoms. The van der Waals surface area contributed by atoms with Crippen LogP contribution in [-0.2, 0) is 14.8 Å². The molecule has 0 fully saturated rings. The van der Waals surface area contributed by atoms with Gasteiger partial charge in [-0.15, -0.1) is 0 Å². The Labute approximate surface area is 139 Å². The number of anilines is 1. The molecule has 8 heteroatoms. The Morgan fingerprint density at radius 1 is 1.17 bits per heavy atom. The van der Waals surface area contributed by atoms with Gasteiger partial charge < -0.3 is 14.6 Å². The first-order valence-electron chi connectivity index (χ1n) is 6.94. The van der Waals surface area contributed by atoms with Gasteiger partial charge in [-0.1, -0.05) is 18.2 Å². The van der Waals surface area contributed by atoms with Crippen LogP contribution in [0.25, 0.3) is 0 Å². The number of aliphatic carboxylic acids is 1. The molecular formula is C16H17NO6S. The van der Waals surface area contributed by atoms with Crippen molar-refractivity contribution in [3.8, 4) is 11.5 Å². The molecule has 0 spiro atoms. The number of carbonyl (C=O) groups is 1. The highest BCUT2D eigenvalue weighted by atomic mass is 32.2. The number of rotatable bonds is 7. The van der Waals surface area contributed by atoms with Crippen LogP contribution in [0.3, 0.4) is 0 Å². The van der Waals surface area contributed by atoms with E-state index in [4.69, 9.17) is 14.6 Å². The maximum absolute atomic E-state index is 12.5. The fourth-order valence-corrected chi connectivity index (χ4v) is 3.33. The van der Waals surface area contributed by atoms with Crippen molar-refractivity contribution in [2.75, 3.05) is 18.4 Å². The molecule has 0 aliphatic heterocycles. The number of benzene rings is 2. The summed E-state index contributed by atoms with van der Waals surface area (Å²) in [6.45, 7) is 1.15. The van der Waals surface area contributed by atoms with Crippen molar-refractivity contribution < 1.29 is 27.8 Å². The van der Waals surface area contributed by atoms with E-state index in [1.54, 1.807) is 25.1 Å². The zero-order valence-electron chi connectivity index (χ0n) is 13.1. The lowest BCUT2D eigenvalue weighted by molar-refractivity contribution is -0.139. The third-order valence-corrected chi connectivity index (χ3v) is 4.65. The summed E-state index contributed by atoms with van der Waals surface area (Å²) in [5.41, 5.74) is 0.813. The summed E-state index contributed by atoms with van der Waals surface area (Å²) in [4.78, 5) is 10.7. The molecule has 0 bridgehead atoms. The second-order valence-corrected chi connectivity index (χ2v) is 6.60. The maximum Gasteiger partial charge on any atom is 0.341 e. The van der Waals surface area contributed by atoms with Crippen LogP contribution < -0.4 is 14.2 Å². The van der Waals surface area contributed by atoms with E-state index in [0.29, 0.717) is 11.3 Å². The molecule has 2 rings (SSSR count). The Morgan fingerprint density at radius 2 is 1.83 bits per heavy atom. The number of carboxylic acids is 1. The van der Waals surface area contributed by atoms with Crippen LogP contribution >= 0.6 is 0 Å². The van der Waals surface area contributed by atoms with Crippen LogP contribution in [-0.4, -0.2) is 33.2 Å². The van der Waals surface area contributed by atoms with Crippen molar-refractivity contribution in [1.82, 2.24) is 0 Å².